The largest absolute Gasteiger partial charge is 0.472 e. The average molecular weight is 787 g/mol. The van der Waals surface area contributed by atoms with Crippen LogP contribution in [0.2, 0.25) is 0 Å². The van der Waals surface area contributed by atoms with E-state index in [1.54, 1.807) is 0 Å². The van der Waals surface area contributed by atoms with Crippen LogP contribution in [0.15, 0.2) is 60.8 Å². The summed E-state index contributed by atoms with van der Waals surface area (Å²) in [6, 6.07) is 0. The smallest absolute Gasteiger partial charge is 0.462 e. The molecule has 1 saturated carbocycles. The molecule has 0 aromatic heterocycles. The van der Waals surface area contributed by atoms with Crippen LogP contribution in [0.1, 0.15) is 123 Å². The lowest BCUT2D eigenvalue weighted by Gasteiger charge is -2.41. The van der Waals surface area contributed by atoms with Gasteiger partial charge in [-0.25, -0.2) is 4.57 Å². The Hall–Kier alpha value is -2.45. The van der Waals surface area contributed by atoms with Crippen LogP contribution in [0.25, 0.3) is 0 Å². The maximum Gasteiger partial charge on any atom is 0.472 e. The number of rotatable bonds is 30. The van der Waals surface area contributed by atoms with Crippen molar-refractivity contribution in [2.24, 2.45) is 0 Å². The summed E-state index contributed by atoms with van der Waals surface area (Å²) in [6.07, 6.45) is 21.7. The molecule has 0 aliphatic heterocycles. The van der Waals surface area contributed by atoms with Gasteiger partial charge in [-0.2, -0.15) is 0 Å². The zero-order valence-corrected chi connectivity index (χ0v) is 33.1. The van der Waals surface area contributed by atoms with E-state index in [4.69, 9.17) is 18.5 Å². The number of ether oxygens (including phenoxy) is 2. The Balaban J connectivity index is 2.60. The van der Waals surface area contributed by atoms with E-state index in [1.165, 1.54) is 51.4 Å². The molecular weight excluding hydrogens is 719 g/mol. The molecule has 0 radical (unpaired) electrons. The second kappa shape index (κ2) is 30.7. The third-order valence-electron chi connectivity index (χ3n) is 8.75. The van der Waals surface area contributed by atoms with Gasteiger partial charge in [0.25, 0.3) is 0 Å². The van der Waals surface area contributed by atoms with E-state index in [1.807, 2.05) is 54.7 Å². The highest BCUT2D eigenvalue weighted by atomic mass is 31.2. The van der Waals surface area contributed by atoms with Crippen LogP contribution in [-0.2, 0) is 32.7 Å². The molecule has 13 nitrogen and oxygen atoms in total. The number of phosphoric acid groups is 1. The van der Waals surface area contributed by atoms with E-state index >= 15 is 0 Å². The van der Waals surface area contributed by atoms with E-state index in [0.29, 0.717) is 19.3 Å². The standard InChI is InChI=1S/C40H67O13P/c1-3-5-7-9-11-13-15-17-19-21-23-25-27-29-34(42)52-32(30-50-33(41)28-26-24-22-20-18-16-14-12-10-8-6-4-2)31-51-54(48,49)53-40-38(46)36(44)35(43)37(45)39(40)47/h5,7,9,11,13,15,17,19,21,23,32,35-40,43-47H,3-4,6,8,10,12,14,16,18,20,22,24-31H2,1-2H3,(H,48,49)/b7-5+,11-9+,15-13+,19-17+,23-21+/t32?,35?,36-,37?,38?,39?,40?/m1/s1. The maximum absolute atomic E-state index is 12.7. The van der Waals surface area contributed by atoms with Crippen LogP contribution in [0, 0.1) is 0 Å². The predicted octanol–water partition coefficient (Wildman–Crippen LogP) is 6.21. The minimum atomic E-state index is -5.13. The molecule has 0 aromatic carbocycles. The topological polar surface area (TPSA) is 210 Å². The summed E-state index contributed by atoms with van der Waals surface area (Å²) < 4.78 is 33.2. The van der Waals surface area contributed by atoms with Gasteiger partial charge in [-0.1, -0.05) is 145 Å². The van der Waals surface area contributed by atoms with Crippen molar-refractivity contribution >= 4 is 19.8 Å². The van der Waals surface area contributed by atoms with Crippen LogP contribution in [-0.4, -0.2) is 98.3 Å². The zero-order chi connectivity index (χ0) is 40.0. The van der Waals surface area contributed by atoms with Gasteiger partial charge >= 0.3 is 19.8 Å². The Morgan fingerprint density at radius 1 is 0.593 bits per heavy atom. The van der Waals surface area contributed by atoms with Crippen molar-refractivity contribution in [2.75, 3.05) is 13.2 Å². The molecule has 7 unspecified atom stereocenters. The van der Waals surface area contributed by atoms with Crippen LogP contribution < -0.4 is 0 Å². The molecule has 1 aliphatic rings. The summed E-state index contributed by atoms with van der Waals surface area (Å²) in [4.78, 5) is 35.4. The van der Waals surface area contributed by atoms with Gasteiger partial charge < -0.3 is 39.9 Å². The summed E-state index contributed by atoms with van der Waals surface area (Å²) in [6.45, 7) is 3.05. The van der Waals surface area contributed by atoms with E-state index in [0.717, 1.165) is 25.7 Å². The summed E-state index contributed by atoms with van der Waals surface area (Å²) in [5, 5.41) is 49.9. The van der Waals surface area contributed by atoms with E-state index in [9.17, 15) is 44.6 Å². The van der Waals surface area contributed by atoms with Gasteiger partial charge in [-0.05, 0) is 25.7 Å². The average Bonchev–Trinajstić information content (AvgIpc) is 3.15. The fourth-order valence-corrected chi connectivity index (χ4v) is 6.52. The molecule has 0 bridgehead atoms. The van der Waals surface area contributed by atoms with Crippen LogP contribution in [0.5, 0.6) is 0 Å². The second-order valence-electron chi connectivity index (χ2n) is 13.5. The summed E-state index contributed by atoms with van der Waals surface area (Å²) in [5.41, 5.74) is 0. The number of aliphatic hydroxyl groups excluding tert-OH is 5. The lowest BCUT2D eigenvalue weighted by atomic mass is 9.85. The first-order chi connectivity index (χ1) is 25.9. The first-order valence-corrected chi connectivity index (χ1v) is 21.2. The van der Waals surface area contributed by atoms with Gasteiger partial charge in [0.1, 0.15) is 43.2 Å². The molecule has 6 N–H and O–H groups in total. The molecule has 310 valence electrons. The van der Waals surface area contributed by atoms with Crippen molar-refractivity contribution in [1.29, 1.82) is 0 Å². The number of hydrogen-bond donors (Lipinski definition) is 6. The summed E-state index contributed by atoms with van der Waals surface area (Å²) in [5.74, 6) is -1.19. The Labute approximate surface area is 322 Å². The van der Waals surface area contributed by atoms with Gasteiger partial charge in [-0.3, -0.25) is 18.6 Å². The van der Waals surface area contributed by atoms with Crippen molar-refractivity contribution in [3.8, 4) is 0 Å². The highest BCUT2D eigenvalue weighted by Gasteiger charge is 2.51. The minimum Gasteiger partial charge on any atom is -0.462 e. The first-order valence-electron chi connectivity index (χ1n) is 19.7. The molecular formula is C40H67O13P. The Bertz CT molecular complexity index is 1180. The molecule has 14 heteroatoms. The van der Waals surface area contributed by atoms with Gasteiger partial charge in [0.15, 0.2) is 6.10 Å². The fraction of sp³-hybridized carbons (Fsp3) is 0.700. The number of allylic oxidation sites excluding steroid dienone is 10. The molecule has 0 spiro atoms. The number of carbonyl (C=O) groups is 2. The van der Waals surface area contributed by atoms with Crippen molar-refractivity contribution in [3.05, 3.63) is 60.8 Å². The molecule has 8 atom stereocenters. The first kappa shape index (κ1) is 49.6. The number of phosphoric ester groups is 1. The molecule has 0 heterocycles. The number of unbranched alkanes of at least 4 members (excludes halogenated alkanes) is 12. The molecule has 1 aliphatic carbocycles. The lowest BCUT2D eigenvalue weighted by molar-refractivity contribution is -0.220. The summed E-state index contributed by atoms with van der Waals surface area (Å²) in [7, 11) is -5.13. The predicted molar refractivity (Wildman–Crippen MR) is 207 cm³/mol. The third-order valence-corrected chi connectivity index (χ3v) is 9.74. The normalized spacial score (nSPS) is 23.9. The zero-order valence-electron chi connectivity index (χ0n) is 32.2. The van der Waals surface area contributed by atoms with E-state index < -0.39 is 75.7 Å². The van der Waals surface area contributed by atoms with Gasteiger partial charge in [0.05, 0.1) is 6.61 Å². The summed E-state index contributed by atoms with van der Waals surface area (Å²) >= 11 is 0. The van der Waals surface area contributed by atoms with Gasteiger partial charge in [0.2, 0.25) is 0 Å². The van der Waals surface area contributed by atoms with Crippen molar-refractivity contribution in [1.82, 2.24) is 0 Å². The Morgan fingerprint density at radius 3 is 1.59 bits per heavy atom. The van der Waals surface area contributed by atoms with Crippen molar-refractivity contribution < 1.29 is 63.1 Å². The molecule has 0 saturated heterocycles. The fourth-order valence-electron chi connectivity index (χ4n) is 5.55. The molecule has 1 fully saturated rings. The molecule has 0 aromatic rings. The van der Waals surface area contributed by atoms with Crippen LogP contribution in [0.4, 0.5) is 0 Å². The van der Waals surface area contributed by atoms with E-state index in [-0.39, 0.29) is 12.8 Å². The maximum atomic E-state index is 12.7. The number of hydrogen-bond acceptors (Lipinski definition) is 12. The Kier molecular flexibility index (Phi) is 28.2. The van der Waals surface area contributed by atoms with Crippen molar-refractivity contribution in [2.45, 2.75) is 166 Å². The molecule has 0 amide bonds. The van der Waals surface area contributed by atoms with Crippen LogP contribution >= 0.6 is 7.82 Å². The number of carbonyl (C=O) groups excluding carboxylic acids is 2. The second-order valence-corrected chi connectivity index (χ2v) is 14.9. The Morgan fingerprint density at radius 2 is 1.06 bits per heavy atom. The number of esters is 2. The van der Waals surface area contributed by atoms with Crippen LogP contribution in [0.3, 0.4) is 0 Å². The molecule has 1 rings (SSSR count). The lowest BCUT2D eigenvalue weighted by Crippen LogP contribution is -2.64. The van der Waals surface area contributed by atoms with Crippen molar-refractivity contribution in [3.63, 3.8) is 0 Å². The monoisotopic (exact) mass is 786 g/mol. The van der Waals surface area contributed by atoms with Gasteiger partial charge in [0, 0.05) is 12.8 Å². The molecule has 54 heavy (non-hydrogen) atoms. The quantitative estimate of drug-likeness (QED) is 0.0207. The SMILES string of the molecule is CC/C=C/C=C/C=C/C=C/C=C/CCCC(=O)OC(COC(=O)CCCCCCCCCCCCCC)COP(=O)(O)OC1C(O)C(O)C(O)[C@@H](O)C1O. The highest BCUT2D eigenvalue weighted by molar-refractivity contribution is 7.47. The number of aliphatic hydroxyl groups is 5. The minimum absolute atomic E-state index is 0.000813. The highest BCUT2D eigenvalue weighted by Crippen LogP contribution is 2.47. The van der Waals surface area contributed by atoms with E-state index in [2.05, 4.69) is 19.9 Å². The third kappa shape index (κ3) is 23.5. The van der Waals surface area contributed by atoms with Gasteiger partial charge in [-0.15, -0.1) is 0 Å².